The van der Waals surface area contributed by atoms with E-state index < -0.39 is 27.7 Å². The van der Waals surface area contributed by atoms with Gasteiger partial charge in [0, 0.05) is 42.4 Å². The van der Waals surface area contributed by atoms with Gasteiger partial charge in [-0.05, 0) is 58.3 Å². The molecule has 13 heteroatoms. The maximum Gasteiger partial charge on any atom is 0.354 e. The smallest absolute Gasteiger partial charge is 0.267 e. The molecule has 0 aromatic heterocycles. The molecule has 1 heterocycles. The molecule has 11 nitrogen and oxygen atoms in total. The molecule has 0 radical (unpaired) electrons. The maximum absolute atomic E-state index is 13.1. The number of carbonyl (C=O) groups excluding carboxylic acids is 3. The molecule has 1 aliphatic heterocycles. The number of barbiturate groups is 1. The van der Waals surface area contributed by atoms with Gasteiger partial charge in [0.15, 0.2) is 0 Å². The topological polar surface area (TPSA) is 144 Å². The van der Waals surface area contributed by atoms with Gasteiger partial charge in [-0.2, -0.15) is 8.61 Å². The van der Waals surface area contributed by atoms with Crippen molar-refractivity contribution in [1.29, 1.82) is 0 Å². The van der Waals surface area contributed by atoms with Crippen molar-refractivity contribution < 1.29 is 24.2 Å². The van der Waals surface area contributed by atoms with Gasteiger partial charge >= 0.3 is 6.03 Å². The predicted octanol–water partition coefficient (Wildman–Crippen LogP) is 3.63. The van der Waals surface area contributed by atoms with Gasteiger partial charge in [-0.15, -0.1) is 0 Å². The Hall–Kier alpha value is -3.71. The van der Waals surface area contributed by atoms with Gasteiger partial charge in [0.25, 0.3) is 23.2 Å². The number of rotatable bonds is 4. The fraction of sp³-hybridized carbons (Fsp3) is 0.105. The highest BCUT2D eigenvalue weighted by atomic mass is 32.2. The molecule has 4 amide bonds. The minimum Gasteiger partial charge on any atom is -0.267 e. The van der Waals surface area contributed by atoms with E-state index in [1.165, 1.54) is 48.9 Å². The Morgan fingerprint density at radius 2 is 1.09 bits per heavy atom. The summed E-state index contributed by atoms with van der Waals surface area (Å²) in [5.41, 5.74) is 0.601. The van der Waals surface area contributed by atoms with Crippen molar-refractivity contribution in [3.63, 3.8) is 0 Å². The second-order valence-corrected chi connectivity index (χ2v) is 8.03. The van der Waals surface area contributed by atoms with Crippen molar-refractivity contribution in [2.75, 3.05) is 12.5 Å². The minimum atomic E-state index is -0.830. The van der Waals surface area contributed by atoms with Gasteiger partial charge in [0.05, 0.1) is 9.85 Å². The standard InChI is InChI=1S/C19H12N4O7S2/c1-31-20-17(24)16(18(25)21(32-2)19(20)26)15-11-5-3-9(22(27)28)7-13(11)14-8-10(23(29)30)4-6-12(14)15/h3-8H,1-2H3. The monoisotopic (exact) mass is 472 g/mol. The molecular weight excluding hydrogens is 460 g/mol. The average Bonchev–Trinajstić information content (AvgIpc) is 3.07. The van der Waals surface area contributed by atoms with Crippen molar-refractivity contribution in [2.24, 2.45) is 0 Å². The van der Waals surface area contributed by atoms with Gasteiger partial charge < -0.3 is 0 Å². The molecule has 0 atom stereocenters. The summed E-state index contributed by atoms with van der Waals surface area (Å²) in [5.74, 6) is -1.66. The second-order valence-electron chi connectivity index (χ2n) is 6.57. The number of non-ortho nitro benzene ring substituents is 2. The highest BCUT2D eigenvalue weighted by molar-refractivity contribution is 7.98. The molecule has 0 unspecified atom stereocenters. The van der Waals surface area contributed by atoms with Gasteiger partial charge in [-0.1, -0.05) is 0 Å². The number of nitro benzene ring substituents is 2. The summed E-state index contributed by atoms with van der Waals surface area (Å²) in [6.07, 6.45) is 3.02. The fourth-order valence-electron chi connectivity index (χ4n) is 3.67. The number of fused-ring (bicyclic) bond motifs is 3. The third kappa shape index (κ3) is 3.05. The van der Waals surface area contributed by atoms with Crippen LogP contribution in [0, 0.1) is 20.2 Å². The van der Waals surface area contributed by atoms with Crippen molar-refractivity contribution in [2.45, 2.75) is 0 Å². The first kappa shape index (κ1) is 21.5. The largest absolute Gasteiger partial charge is 0.354 e. The molecule has 0 bridgehead atoms. The van der Waals surface area contributed by atoms with Crippen LogP contribution < -0.4 is 0 Å². The number of hydrogen-bond donors (Lipinski definition) is 0. The van der Waals surface area contributed by atoms with E-state index in [-0.39, 0.29) is 33.6 Å². The van der Waals surface area contributed by atoms with Gasteiger partial charge in [-0.3, -0.25) is 29.8 Å². The first-order valence-corrected chi connectivity index (χ1v) is 11.2. The van der Waals surface area contributed by atoms with Crippen LogP contribution in [0.5, 0.6) is 0 Å². The number of urea groups is 1. The molecule has 2 aromatic rings. The molecule has 1 fully saturated rings. The third-order valence-electron chi connectivity index (χ3n) is 5.02. The van der Waals surface area contributed by atoms with Crippen molar-refractivity contribution in [3.8, 4) is 11.1 Å². The van der Waals surface area contributed by atoms with E-state index in [1.807, 2.05) is 0 Å². The fourth-order valence-corrected chi connectivity index (χ4v) is 4.72. The van der Waals surface area contributed by atoms with E-state index in [0.29, 0.717) is 11.1 Å². The van der Waals surface area contributed by atoms with Crippen LogP contribution in [0.25, 0.3) is 16.7 Å². The zero-order chi connectivity index (χ0) is 23.3. The second kappa shape index (κ2) is 7.76. The zero-order valence-electron chi connectivity index (χ0n) is 16.4. The molecule has 32 heavy (non-hydrogen) atoms. The number of benzene rings is 2. The number of imide groups is 2. The lowest BCUT2D eigenvalue weighted by atomic mass is 9.96. The first-order chi connectivity index (χ1) is 15.2. The Kier molecular flexibility index (Phi) is 5.22. The van der Waals surface area contributed by atoms with Crippen molar-refractivity contribution in [3.05, 3.63) is 73.3 Å². The summed E-state index contributed by atoms with van der Waals surface area (Å²) in [5, 5.41) is 22.6. The maximum atomic E-state index is 13.1. The quantitative estimate of drug-likeness (QED) is 0.183. The molecule has 1 aliphatic carbocycles. The number of hydrogen-bond acceptors (Lipinski definition) is 9. The normalized spacial score (nSPS) is 15.2. The van der Waals surface area contributed by atoms with Crippen molar-refractivity contribution in [1.82, 2.24) is 8.61 Å². The lowest BCUT2D eigenvalue weighted by molar-refractivity contribution is -0.385. The Morgan fingerprint density at radius 1 is 0.688 bits per heavy atom. The SMILES string of the molecule is CSN1C(=O)C(=C2c3ccc([N+](=O)[O-])cc3-c3cc([N+](=O)[O-])ccc32)C(=O)N(SC)C1=O. The van der Waals surface area contributed by atoms with E-state index in [4.69, 9.17) is 0 Å². The Labute approximate surface area is 188 Å². The number of amides is 4. The molecule has 4 rings (SSSR count). The third-order valence-corrected chi connectivity index (χ3v) is 6.39. The molecule has 0 saturated carbocycles. The van der Waals surface area contributed by atoms with Crippen molar-refractivity contribution >= 4 is 58.7 Å². The summed E-state index contributed by atoms with van der Waals surface area (Å²) in [7, 11) is 0. The van der Waals surface area contributed by atoms with E-state index >= 15 is 0 Å². The predicted molar refractivity (Wildman–Crippen MR) is 117 cm³/mol. The van der Waals surface area contributed by atoms with Crippen LogP contribution in [-0.2, 0) is 9.59 Å². The number of nitrogens with zero attached hydrogens (tertiary/aromatic N) is 4. The summed E-state index contributed by atoms with van der Waals surface area (Å²) >= 11 is 1.67. The highest BCUT2D eigenvalue weighted by Gasteiger charge is 2.46. The van der Waals surface area contributed by atoms with E-state index in [2.05, 4.69) is 0 Å². The first-order valence-electron chi connectivity index (χ1n) is 8.84. The molecule has 0 N–H and O–H groups in total. The van der Waals surface area contributed by atoms with Crippen LogP contribution in [0.15, 0.2) is 42.0 Å². The summed E-state index contributed by atoms with van der Waals surface area (Å²) < 4.78 is 1.68. The van der Waals surface area contributed by atoms with Crippen LogP contribution in [-0.4, -0.2) is 48.8 Å². The van der Waals surface area contributed by atoms with E-state index in [9.17, 15) is 34.6 Å². The Bertz CT molecular complexity index is 1200. The zero-order valence-corrected chi connectivity index (χ0v) is 18.1. The Morgan fingerprint density at radius 3 is 1.44 bits per heavy atom. The molecule has 1 saturated heterocycles. The molecule has 162 valence electrons. The molecule has 2 aromatic carbocycles. The summed E-state index contributed by atoms with van der Waals surface area (Å²) in [4.78, 5) is 60.2. The summed E-state index contributed by atoms with van der Waals surface area (Å²) in [6, 6.07) is 6.93. The molecular formula is C19H12N4O7S2. The lowest BCUT2D eigenvalue weighted by Gasteiger charge is -2.31. The minimum absolute atomic E-state index is 0.167. The van der Waals surface area contributed by atoms with Crippen LogP contribution in [0.4, 0.5) is 16.2 Å². The molecule has 2 aliphatic rings. The number of nitro groups is 2. The molecule has 0 spiro atoms. The van der Waals surface area contributed by atoms with Crippen LogP contribution >= 0.6 is 23.9 Å². The van der Waals surface area contributed by atoms with Crippen LogP contribution in [0.2, 0.25) is 0 Å². The van der Waals surface area contributed by atoms with Crippen LogP contribution in [0.3, 0.4) is 0 Å². The van der Waals surface area contributed by atoms with Gasteiger partial charge in [0.1, 0.15) is 5.57 Å². The van der Waals surface area contributed by atoms with Crippen LogP contribution in [0.1, 0.15) is 11.1 Å². The van der Waals surface area contributed by atoms with E-state index in [1.54, 1.807) is 0 Å². The van der Waals surface area contributed by atoms with Gasteiger partial charge in [-0.25, -0.2) is 4.79 Å². The summed E-state index contributed by atoms with van der Waals surface area (Å²) in [6.45, 7) is 0. The lowest BCUT2D eigenvalue weighted by Crippen LogP contribution is -2.50. The number of carbonyl (C=O) groups is 3. The van der Waals surface area contributed by atoms with Gasteiger partial charge in [0.2, 0.25) is 0 Å². The van der Waals surface area contributed by atoms with E-state index in [0.717, 1.165) is 32.5 Å². The Balaban J connectivity index is 2.08. The average molecular weight is 472 g/mol. The highest BCUT2D eigenvalue weighted by Crippen LogP contribution is 2.49.